The van der Waals surface area contributed by atoms with Gasteiger partial charge in [0.1, 0.15) is 18.5 Å². The molecule has 6 heteroatoms. The number of hydrogen-bond donors (Lipinski definition) is 2. The molecule has 0 aliphatic heterocycles. The summed E-state index contributed by atoms with van der Waals surface area (Å²) >= 11 is 3.36. The topological polar surface area (TPSA) is 71.5 Å². The Morgan fingerprint density at radius 3 is 2.35 bits per heavy atom. The Morgan fingerprint density at radius 1 is 1.04 bits per heavy atom. The van der Waals surface area contributed by atoms with Crippen LogP contribution in [0.3, 0.4) is 0 Å². The molecule has 132 valence electrons. The summed E-state index contributed by atoms with van der Waals surface area (Å²) in [5.41, 5.74) is 1.98. The van der Waals surface area contributed by atoms with Gasteiger partial charge in [0.2, 0.25) is 0 Å². The molecule has 1 heterocycles. The van der Waals surface area contributed by atoms with Crippen LogP contribution in [0, 0.1) is 0 Å². The molecule has 3 aromatic rings. The van der Waals surface area contributed by atoms with Gasteiger partial charge in [-0.25, -0.2) is 0 Å². The van der Waals surface area contributed by atoms with Crippen molar-refractivity contribution in [3.63, 3.8) is 0 Å². The molecule has 1 amide bonds. The lowest BCUT2D eigenvalue weighted by atomic mass is 10.1. The fraction of sp³-hybridized carbons (Fsp3) is 0.100. The number of ether oxygens (including phenoxy) is 1. The first-order chi connectivity index (χ1) is 12.6. The number of halogens is 1. The van der Waals surface area contributed by atoms with Crippen LogP contribution in [0.25, 0.3) is 0 Å². The van der Waals surface area contributed by atoms with E-state index in [1.54, 1.807) is 48.8 Å². The highest BCUT2D eigenvalue weighted by molar-refractivity contribution is 9.10. The van der Waals surface area contributed by atoms with E-state index in [2.05, 4.69) is 26.2 Å². The average Bonchev–Trinajstić information content (AvgIpc) is 2.68. The van der Waals surface area contributed by atoms with E-state index in [1.807, 2.05) is 24.3 Å². The summed E-state index contributed by atoms with van der Waals surface area (Å²) in [5, 5.41) is 13.0. The van der Waals surface area contributed by atoms with E-state index in [4.69, 9.17) is 4.74 Å². The number of carbonyl (C=O) groups is 1. The third-order valence-corrected chi connectivity index (χ3v) is 4.25. The molecule has 0 bridgehead atoms. The maximum Gasteiger partial charge on any atom is 0.255 e. The number of carbonyl (C=O) groups excluding carboxylic acids is 1. The number of aliphatic hydroxyl groups excluding tert-OH is 1. The van der Waals surface area contributed by atoms with Gasteiger partial charge in [-0.1, -0.05) is 28.1 Å². The highest BCUT2D eigenvalue weighted by atomic mass is 79.9. The molecule has 0 radical (unpaired) electrons. The molecule has 0 fully saturated rings. The molecule has 0 saturated heterocycles. The molecule has 26 heavy (non-hydrogen) atoms. The number of benzene rings is 2. The summed E-state index contributed by atoms with van der Waals surface area (Å²) in [6, 6.07) is 17.6. The maximum atomic E-state index is 12.2. The van der Waals surface area contributed by atoms with Crippen LogP contribution in [0.15, 0.2) is 77.5 Å². The zero-order chi connectivity index (χ0) is 18.4. The lowest BCUT2D eigenvalue weighted by molar-refractivity contribution is 0.102. The Morgan fingerprint density at radius 2 is 1.69 bits per heavy atom. The van der Waals surface area contributed by atoms with Crippen molar-refractivity contribution in [1.29, 1.82) is 0 Å². The van der Waals surface area contributed by atoms with E-state index in [1.165, 1.54) is 0 Å². The van der Waals surface area contributed by atoms with E-state index >= 15 is 0 Å². The number of rotatable bonds is 6. The molecule has 0 saturated carbocycles. The van der Waals surface area contributed by atoms with E-state index in [0.29, 0.717) is 17.0 Å². The average molecular weight is 413 g/mol. The highest BCUT2D eigenvalue weighted by Crippen LogP contribution is 2.19. The van der Waals surface area contributed by atoms with E-state index < -0.39 is 6.10 Å². The van der Waals surface area contributed by atoms with Crippen molar-refractivity contribution in [2.75, 3.05) is 11.9 Å². The minimum atomic E-state index is -0.724. The van der Waals surface area contributed by atoms with Crippen molar-refractivity contribution in [2.24, 2.45) is 0 Å². The molecule has 2 aromatic carbocycles. The summed E-state index contributed by atoms with van der Waals surface area (Å²) in [6.07, 6.45) is 2.50. The zero-order valence-corrected chi connectivity index (χ0v) is 15.4. The first-order valence-corrected chi connectivity index (χ1v) is 8.79. The summed E-state index contributed by atoms with van der Waals surface area (Å²) in [6.45, 7) is 0.129. The van der Waals surface area contributed by atoms with Gasteiger partial charge >= 0.3 is 0 Å². The highest BCUT2D eigenvalue weighted by Gasteiger charge is 2.10. The minimum absolute atomic E-state index is 0.129. The van der Waals surface area contributed by atoms with Crippen molar-refractivity contribution in [3.05, 3.63) is 88.7 Å². The third kappa shape index (κ3) is 4.91. The van der Waals surface area contributed by atoms with Crippen molar-refractivity contribution < 1.29 is 14.6 Å². The lowest BCUT2D eigenvalue weighted by Crippen LogP contribution is -2.12. The molecule has 1 unspecified atom stereocenters. The molecule has 5 nitrogen and oxygen atoms in total. The predicted molar refractivity (Wildman–Crippen MR) is 103 cm³/mol. The predicted octanol–water partition coefficient (Wildman–Crippen LogP) is 4.21. The number of nitrogens with zero attached hydrogens (tertiary/aromatic N) is 1. The third-order valence-electron chi connectivity index (χ3n) is 3.72. The number of aliphatic hydroxyl groups is 1. The van der Waals surface area contributed by atoms with Gasteiger partial charge in [-0.3, -0.25) is 9.78 Å². The number of hydrogen-bond acceptors (Lipinski definition) is 4. The second-order valence-corrected chi connectivity index (χ2v) is 6.51. The van der Waals surface area contributed by atoms with Crippen LogP contribution in [-0.2, 0) is 0 Å². The van der Waals surface area contributed by atoms with Gasteiger partial charge in [0.15, 0.2) is 0 Å². The second-order valence-electron chi connectivity index (χ2n) is 5.59. The van der Waals surface area contributed by atoms with Gasteiger partial charge in [-0.15, -0.1) is 0 Å². The smallest absolute Gasteiger partial charge is 0.255 e. The van der Waals surface area contributed by atoms with Crippen LogP contribution < -0.4 is 10.1 Å². The SMILES string of the molecule is O=C(Nc1ccncc1)c1ccc(OCC(O)c2ccc(Br)cc2)cc1. The summed E-state index contributed by atoms with van der Waals surface area (Å²) in [7, 11) is 0. The molecular weight excluding hydrogens is 396 g/mol. The normalized spacial score (nSPS) is 11.6. The molecule has 1 atom stereocenters. The fourth-order valence-corrected chi connectivity index (χ4v) is 2.56. The molecule has 3 rings (SSSR count). The van der Waals surface area contributed by atoms with Gasteiger partial charge in [0.25, 0.3) is 5.91 Å². The number of anilines is 1. The van der Waals surface area contributed by atoms with Crippen LogP contribution in [-0.4, -0.2) is 22.6 Å². The quantitative estimate of drug-likeness (QED) is 0.635. The van der Waals surface area contributed by atoms with Gasteiger partial charge in [-0.05, 0) is 54.1 Å². The summed E-state index contributed by atoms with van der Waals surface area (Å²) in [5.74, 6) is 0.374. The van der Waals surface area contributed by atoms with Crippen LogP contribution in [0.5, 0.6) is 5.75 Å². The molecule has 2 N–H and O–H groups in total. The summed E-state index contributed by atoms with van der Waals surface area (Å²) < 4.78 is 6.56. The van der Waals surface area contributed by atoms with Crippen LogP contribution in [0.4, 0.5) is 5.69 Å². The van der Waals surface area contributed by atoms with Crippen molar-refractivity contribution in [1.82, 2.24) is 4.98 Å². The van der Waals surface area contributed by atoms with E-state index in [9.17, 15) is 9.90 Å². The number of aromatic nitrogens is 1. The van der Waals surface area contributed by atoms with Crippen LogP contribution in [0.2, 0.25) is 0 Å². The van der Waals surface area contributed by atoms with E-state index in [-0.39, 0.29) is 12.5 Å². The van der Waals surface area contributed by atoms with Crippen molar-refractivity contribution >= 4 is 27.5 Å². The zero-order valence-electron chi connectivity index (χ0n) is 13.8. The molecular formula is C20H17BrN2O3. The van der Waals surface area contributed by atoms with Gasteiger partial charge in [0, 0.05) is 28.1 Å². The standard InChI is InChI=1S/C20H17BrN2O3/c21-16-5-1-14(2-6-16)19(24)13-26-18-7-3-15(4-8-18)20(25)23-17-9-11-22-12-10-17/h1-12,19,24H,13H2,(H,22,23,25). The molecule has 0 aliphatic carbocycles. The Bertz CT molecular complexity index is 852. The molecule has 0 aliphatic rings. The Labute approximate surface area is 159 Å². The largest absolute Gasteiger partial charge is 0.491 e. The first kappa shape index (κ1) is 18.1. The summed E-state index contributed by atoms with van der Waals surface area (Å²) in [4.78, 5) is 16.1. The van der Waals surface area contributed by atoms with Gasteiger partial charge < -0.3 is 15.2 Å². The van der Waals surface area contributed by atoms with Crippen molar-refractivity contribution in [3.8, 4) is 5.75 Å². The van der Waals surface area contributed by atoms with Gasteiger partial charge in [0.05, 0.1) is 0 Å². The molecule has 0 spiro atoms. The van der Waals surface area contributed by atoms with Crippen LogP contribution >= 0.6 is 15.9 Å². The number of nitrogens with one attached hydrogen (secondary N) is 1. The van der Waals surface area contributed by atoms with Gasteiger partial charge in [-0.2, -0.15) is 0 Å². The number of amides is 1. The second kappa shape index (κ2) is 8.60. The fourth-order valence-electron chi connectivity index (χ4n) is 2.30. The number of pyridine rings is 1. The maximum absolute atomic E-state index is 12.2. The first-order valence-electron chi connectivity index (χ1n) is 7.99. The van der Waals surface area contributed by atoms with Crippen molar-refractivity contribution in [2.45, 2.75) is 6.10 Å². The Kier molecular flexibility index (Phi) is 5.99. The lowest BCUT2D eigenvalue weighted by Gasteiger charge is -2.13. The monoisotopic (exact) mass is 412 g/mol. The Hall–Kier alpha value is -2.70. The Balaban J connectivity index is 1.55. The minimum Gasteiger partial charge on any atom is -0.491 e. The van der Waals surface area contributed by atoms with Crippen LogP contribution in [0.1, 0.15) is 22.0 Å². The van der Waals surface area contributed by atoms with E-state index in [0.717, 1.165) is 10.0 Å². The molecule has 1 aromatic heterocycles.